The maximum atomic E-state index is 5.79. The van der Waals surface area contributed by atoms with Gasteiger partial charge < -0.3 is 5.32 Å². The summed E-state index contributed by atoms with van der Waals surface area (Å²) in [6, 6.07) is 4.45. The molecule has 0 spiro atoms. The van der Waals surface area contributed by atoms with E-state index >= 15 is 0 Å². The molecule has 2 nitrogen and oxygen atoms in total. The summed E-state index contributed by atoms with van der Waals surface area (Å²) in [5.74, 6) is 0. The minimum atomic E-state index is 0.289. The van der Waals surface area contributed by atoms with E-state index in [0.717, 1.165) is 5.13 Å². The van der Waals surface area contributed by atoms with Gasteiger partial charge >= 0.3 is 0 Å². The molecular weight excluding hydrogens is 236 g/mol. The van der Waals surface area contributed by atoms with Gasteiger partial charge in [-0.15, -0.1) is 11.3 Å². The summed E-state index contributed by atoms with van der Waals surface area (Å²) < 4.78 is 0.714. The SMILES string of the molecule is C[C@H](Nc1ncc(Cl)s1)c1cccs1. The molecule has 2 aromatic rings. The number of hydrogen-bond donors (Lipinski definition) is 1. The third-order valence-electron chi connectivity index (χ3n) is 1.79. The van der Waals surface area contributed by atoms with Crippen molar-refractivity contribution in [3.05, 3.63) is 32.9 Å². The third-order valence-corrected chi connectivity index (χ3v) is 3.89. The molecule has 0 fully saturated rings. The largest absolute Gasteiger partial charge is 0.354 e. The fraction of sp³-hybridized carbons (Fsp3) is 0.222. The number of hydrogen-bond acceptors (Lipinski definition) is 4. The van der Waals surface area contributed by atoms with Crippen molar-refractivity contribution in [3.63, 3.8) is 0 Å². The second-order valence-corrected chi connectivity index (χ2v) is 5.49. The minimum absolute atomic E-state index is 0.289. The summed E-state index contributed by atoms with van der Waals surface area (Å²) >= 11 is 8.99. The van der Waals surface area contributed by atoms with Crippen molar-refractivity contribution >= 4 is 39.4 Å². The van der Waals surface area contributed by atoms with Crippen LogP contribution in [0.4, 0.5) is 5.13 Å². The molecule has 2 rings (SSSR count). The van der Waals surface area contributed by atoms with Crippen LogP contribution in [0.2, 0.25) is 4.34 Å². The zero-order valence-corrected chi connectivity index (χ0v) is 9.92. The first kappa shape index (κ1) is 9.96. The van der Waals surface area contributed by atoms with Crippen LogP contribution in [0.15, 0.2) is 23.7 Å². The Hall–Kier alpha value is -0.580. The molecule has 0 aliphatic carbocycles. The van der Waals surface area contributed by atoms with E-state index in [1.54, 1.807) is 17.5 Å². The highest BCUT2D eigenvalue weighted by molar-refractivity contribution is 7.19. The van der Waals surface area contributed by atoms with Gasteiger partial charge in [-0.2, -0.15) is 0 Å². The quantitative estimate of drug-likeness (QED) is 0.882. The van der Waals surface area contributed by atoms with Gasteiger partial charge in [0.1, 0.15) is 4.34 Å². The van der Waals surface area contributed by atoms with E-state index in [-0.39, 0.29) is 6.04 Å². The molecule has 0 saturated heterocycles. The Morgan fingerprint density at radius 2 is 2.43 bits per heavy atom. The van der Waals surface area contributed by atoms with E-state index in [1.165, 1.54) is 16.2 Å². The number of thiophene rings is 1. The van der Waals surface area contributed by atoms with Crippen LogP contribution in [0, 0.1) is 0 Å². The maximum absolute atomic E-state index is 5.79. The van der Waals surface area contributed by atoms with E-state index in [4.69, 9.17) is 11.6 Å². The first-order valence-corrected chi connectivity index (χ1v) is 6.24. The van der Waals surface area contributed by atoms with Crippen molar-refractivity contribution in [2.24, 2.45) is 0 Å². The van der Waals surface area contributed by atoms with Crippen molar-refractivity contribution in [2.45, 2.75) is 13.0 Å². The molecule has 0 aliphatic heterocycles. The number of anilines is 1. The number of nitrogens with zero attached hydrogens (tertiary/aromatic N) is 1. The maximum Gasteiger partial charge on any atom is 0.184 e. The van der Waals surface area contributed by atoms with Gasteiger partial charge in [-0.25, -0.2) is 4.98 Å². The number of rotatable bonds is 3. The van der Waals surface area contributed by atoms with E-state index in [2.05, 4.69) is 28.7 Å². The van der Waals surface area contributed by atoms with Gasteiger partial charge in [-0.05, 0) is 18.4 Å². The third kappa shape index (κ3) is 2.26. The lowest BCUT2D eigenvalue weighted by Crippen LogP contribution is -2.03. The molecule has 2 aromatic heterocycles. The van der Waals surface area contributed by atoms with E-state index < -0.39 is 0 Å². The van der Waals surface area contributed by atoms with Crippen molar-refractivity contribution < 1.29 is 0 Å². The lowest BCUT2D eigenvalue weighted by atomic mass is 10.3. The predicted octanol–water partition coefficient (Wildman–Crippen LogP) is 4.03. The van der Waals surface area contributed by atoms with E-state index in [1.807, 2.05) is 6.07 Å². The van der Waals surface area contributed by atoms with Gasteiger partial charge in [0.15, 0.2) is 5.13 Å². The molecule has 14 heavy (non-hydrogen) atoms. The smallest absolute Gasteiger partial charge is 0.184 e. The Balaban J connectivity index is 2.05. The highest BCUT2D eigenvalue weighted by atomic mass is 35.5. The summed E-state index contributed by atoms with van der Waals surface area (Å²) in [6.07, 6.45) is 1.66. The number of aromatic nitrogens is 1. The molecule has 5 heteroatoms. The van der Waals surface area contributed by atoms with E-state index in [9.17, 15) is 0 Å². The van der Waals surface area contributed by atoms with Crippen molar-refractivity contribution in [1.29, 1.82) is 0 Å². The Kier molecular flexibility index (Phi) is 3.05. The average molecular weight is 245 g/mol. The van der Waals surface area contributed by atoms with Gasteiger partial charge in [0.05, 0.1) is 12.2 Å². The molecule has 0 saturated carbocycles. The van der Waals surface area contributed by atoms with Gasteiger partial charge in [0.2, 0.25) is 0 Å². The first-order valence-electron chi connectivity index (χ1n) is 4.17. The molecule has 0 aliphatic rings. The van der Waals surface area contributed by atoms with Gasteiger partial charge in [0.25, 0.3) is 0 Å². The zero-order valence-electron chi connectivity index (χ0n) is 7.53. The zero-order chi connectivity index (χ0) is 9.97. The highest BCUT2D eigenvalue weighted by Crippen LogP contribution is 2.27. The highest BCUT2D eigenvalue weighted by Gasteiger charge is 2.07. The topological polar surface area (TPSA) is 24.9 Å². The molecule has 0 bridgehead atoms. The molecule has 1 atom stereocenters. The number of halogens is 1. The molecule has 0 aromatic carbocycles. The standard InChI is InChI=1S/C9H9ClN2S2/c1-6(7-3-2-4-13-7)12-9-11-5-8(10)14-9/h2-6H,1H3,(H,11,12)/t6-/m0/s1. The number of thiazole rings is 1. The van der Waals surface area contributed by atoms with Crippen LogP contribution in [0.3, 0.4) is 0 Å². The Morgan fingerprint density at radius 3 is 3.00 bits per heavy atom. The fourth-order valence-corrected chi connectivity index (χ4v) is 2.75. The molecule has 0 radical (unpaired) electrons. The average Bonchev–Trinajstić information content (AvgIpc) is 2.75. The Bertz CT molecular complexity index is 397. The van der Waals surface area contributed by atoms with Gasteiger partial charge in [-0.3, -0.25) is 0 Å². The van der Waals surface area contributed by atoms with Crippen molar-refractivity contribution in [1.82, 2.24) is 4.98 Å². The van der Waals surface area contributed by atoms with Crippen LogP contribution in [-0.2, 0) is 0 Å². The summed E-state index contributed by atoms with van der Waals surface area (Å²) in [6.45, 7) is 2.11. The lowest BCUT2D eigenvalue weighted by Gasteiger charge is -2.09. The lowest BCUT2D eigenvalue weighted by molar-refractivity contribution is 0.904. The second kappa shape index (κ2) is 4.29. The predicted molar refractivity (Wildman–Crippen MR) is 63.5 cm³/mol. The summed E-state index contributed by atoms with van der Waals surface area (Å²) in [5.41, 5.74) is 0. The fourth-order valence-electron chi connectivity index (χ4n) is 1.12. The molecule has 74 valence electrons. The summed E-state index contributed by atoms with van der Waals surface area (Å²) in [7, 11) is 0. The normalized spacial score (nSPS) is 12.7. The first-order chi connectivity index (χ1) is 6.75. The molecule has 2 heterocycles. The van der Waals surface area contributed by atoms with Crippen LogP contribution in [0.1, 0.15) is 17.8 Å². The monoisotopic (exact) mass is 244 g/mol. The van der Waals surface area contributed by atoms with Crippen LogP contribution in [0.5, 0.6) is 0 Å². The molecule has 0 amide bonds. The Morgan fingerprint density at radius 1 is 1.57 bits per heavy atom. The van der Waals surface area contributed by atoms with Crippen LogP contribution in [0.25, 0.3) is 0 Å². The van der Waals surface area contributed by atoms with Crippen LogP contribution < -0.4 is 5.32 Å². The van der Waals surface area contributed by atoms with Crippen LogP contribution in [-0.4, -0.2) is 4.98 Å². The van der Waals surface area contributed by atoms with Gasteiger partial charge in [-0.1, -0.05) is 29.0 Å². The number of nitrogens with one attached hydrogen (secondary N) is 1. The van der Waals surface area contributed by atoms with Crippen molar-refractivity contribution in [3.8, 4) is 0 Å². The second-order valence-electron chi connectivity index (χ2n) is 2.85. The molecule has 0 unspecified atom stereocenters. The summed E-state index contributed by atoms with van der Waals surface area (Å²) in [5, 5.41) is 6.24. The summed E-state index contributed by atoms with van der Waals surface area (Å²) in [4.78, 5) is 5.45. The Labute approximate surface area is 95.6 Å². The van der Waals surface area contributed by atoms with Gasteiger partial charge in [0, 0.05) is 4.88 Å². The van der Waals surface area contributed by atoms with E-state index in [0.29, 0.717) is 4.34 Å². The minimum Gasteiger partial charge on any atom is -0.354 e. The molecule has 1 N–H and O–H groups in total. The van der Waals surface area contributed by atoms with Crippen LogP contribution >= 0.6 is 34.3 Å². The van der Waals surface area contributed by atoms with Crippen molar-refractivity contribution in [2.75, 3.05) is 5.32 Å². The molecular formula is C9H9ClN2S2.